The molecular weight excluding hydrogens is 385 g/mol. The van der Waals surface area contributed by atoms with Crippen molar-refractivity contribution in [3.05, 3.63) is 0 Å². The number of phosphoric ester groups is 1. The Bertz CT molecular complexity index is 463. The predicted octanol–water partition coefficient (Wildman–Crippen LogP) is 4.67. The topological polar surface area (TPSA) is 111 Å². The molecule has 0 rings (SSSR count). The Balaban J connectivity index is 4.10. The molecule has 0 bridgehead atoms. The molecule has 8 nitrogen and oxygen atoms in total. The Morgan fingerprint density at radius 3 is 1.82 bits per heavy atom. The van der Waals surface area contributed by atoms with Gasteiger partial charge in [-0.3, -0.25) is 18.4 Å². The van der Waals surface area contributed by atoms with Gasteiger partial charge in [-0.15, -0.1) is 0 Å². The molecule has 0 heterocycles. The van der Waals surface area contributed by atoms with Crippen molar-refractivity contribution in [1.82, 2.24) is 5.32 Å². The van der Waals surface area contributed by atoms with Gasteiger partial charge in [-0.1, -0.05) is 58.3 Å². The zero-order chi connectivity index (χ0) is 21.3. The van der Waals surface area contributed by atoms with Gasteiger partial charge in [0, 0.05) is 6.42 Å². The maximum Gasteiger partial charge on any atom is 0.474 e. The van der Waals surface area contributed by atoms with Crippen LogP contribution in [0.4, 0.5) is 0 Å². The van der Waals surface area contributed by atoms with Crippen LogP contribution in [0.3, 0.4) is 0 Å². The molecule has 0 saturated carbocycles. The molecule has 0 aromatic rings. The molecule has 166 valence electrons. The lowest BCUT2D eigenvalue weighted by Gasteiger charge is -2.19. The first-order chi connectivity index (χ1) is 13.4. The number of hydrogen-bond donors (Lipinski definition) is 2. The van der Waals surface area contributed by atoms with Crippen LogP contribution in [-0.4, -0.2) is 42.8 Å². The molecule has 28 heavy (non-hydrogen) atoms. The lowest BCUT2D eigenvalue weighted by atomic mass is 10.1. The summed E-state index contributed by atoms with van der Waals surface area (Å²) in [6.45, 7) is 5.14. The minimum absolute atomic E-state index is 0.0972. The predicted molar refractivity (Wildman–Crippen MR) is 108 cm³/mol. The van der Waals surface area contributed by atoms with Gasteiger partial charge in [0.2, 0.25) is 5.91 Å². The zero-order valence-corrected chi connectivity index (χ0v) is 18.5. The average molecular weight is 423 g/mol. The number of carboxylic acid groups (broad SMARTS) is 1. The summed E-state index contributed by atoms with van der Waals surface area (Å²) in [5.74, 6) is -1.62. The summed E-state index contributed by atoms with van der Waals surface area (Å²) in [4.78, 5) is 23.3. The molecular formula is C19H38NO7P. The van der Waals surface area contributed by atoms with Crippen molar-refractivity contribution in [2.75, 3.05) is 19.8 Å². The zero-order valence-electron chi connectivity index (χ0n) is 17.6. The standard InChI is InChI=1S/C19H38NO7P/c1-4-7-8-9-10-11-12-13-14-15-18(21)20-17(19(22)23)16-27-28(24,25-5-2)26-6-3/h17H,4-16H2,1-3H3,(H,20,21)(H,22,23)/t17-/m0/s1. The van der Waals surface area contributed by atoms with Gasteiger partial charge >= 0.3 is 13.8 Å². The van der Waals surface area contributed by atoms with Crippen LogP contribution in [0.5, 0.6) is 0 Å². The van der Waals surface area contributed by atoms with Gasteiger partial charge < -0.3 is 10.4 Å². The van der Waals surface area contributed by atoms with Crippen LogP contribution < -0.4 is 5.32 Å². The molecule has 0 aliphatic carbocycles. The lowest BCUT2D eigenvalue weighted by molar-refractivity contribution is -0.142. The minimum atomic E-state index is -3.82. The second-order valence-corrected chi connectivity index (χ2v) is 8.28. The number of nitrogens with one attached hydrogen (secondary N) is 1. The third kappa shape index (κ3) is 14.1. The van der Waals surface area contributed by atoms with E-state index in [-0.39, 0.29) is 25.5 Å². The third-order valence-electron chi connectivity index (χ3n) is 4.11. The van der Waals surface area contributed by atoms with Gasteiger partial charge in [0.1, 0.15) is 0 Å². The van der Waals surface area contributed by atoms with E-state index < -0.39 is 26.4 Å². The second-order valence-electron chi connectivity index (χ2n) is 6.62. The number of carbonyl (C=O) groups is 2. The summed E-state index contributed by atoms with van der Waals surface area (Å²) in [7, 11) is -3.82. The van der Waals surface area contributed by atoms with Crippen LogP contribution in [0, 0.1) is 0 Å². The summed E-state index contributed by atoms with van der Waals surface area (Å²) >= 11 is 0. The Morgan fingerprint density at radius 2 is 1.36 bits per heavy atom. The van der Waals surface area contributed by atoms with Crippen molar-refractivity contribution < 1.29 is 32.8 Å². The molecule has 0 aromatic heterocycles. The van der Waals surface area contributed by atoms with E-state index >= 15 is 0 Å². The first kappa shape index (κ1) is 27.0. The fourth-order valence-electron chi connectivity index (χ4n) is 2.63. The molecule has 0 radical (unpaired) electrons. The van der Waals surface area contributed by atoms with E-state index in [4.69, 9.17) is 13.6 Å². The molecule has 9 heteroatoms. The molecule has 2 N–H and O–H groups in total. The van der Waals surface area contributed by atoms with Crippen molar-refractivity contribution in [3.8, 4) is 0 Å². The first-order valence-electron chi connectivity index (χ1n) is 10.4. The number of unbranched alkanes of at least 4 members (excludes halogenated alkanes) is 8. The first-order valence-corrected chi connectivity index (χ1v) is 11.9. The molecule has 0 aliphatic heterocycles. The minimum Gasteiger partial charge on any atom is -0.480 e. The number of carbonyl (C=O) groups excluding carboxylic acids is 1. The van der Waals surface area contributed by atoms with Crippen LogP contribution in [0.2, 0.25) is 0 Å². The van der Waals surface area contributed by atoms with E-state index in [1.165, 1.54) is 38.5 Å². The summed E-state index contributed by atoms with van der Waals surface area (Å²) in [6.07, 6.45) is 10.5. The lowest BCUT2D eigenvalue weighted by Crippen LogP contribution is -2.43. The van der Waals surface area contributed by atoms with Gasteiger partial charge in [0.15, 0.2) is 6.04 Å². The van der Waals surface area contributed by atoms with E-state index in [1.807, 2.05) is 0 Å². The summed E-state index contributed by atoms with van der Waals surface area (Å²) in [6, 6.07) is -1.31. The number of hydrogen-bond acceptors (Lipinski definition) is 6. The second kappa shape index (κ2) is 17.0. The van der Waals surface area contributed by atoms with Gasteiger partial charge in [0.05, 0.1) is 19.8 Å². The fourth-order valence-corrected chi connectivity index (χ4v) is 3.82. The molecule has 0 spiro atoms. The smallest absolute Gasteiger partial charge is 0.474 e. The fraction of sp³-hybridized carbons (Fsp3) is 0.895. The molecule has 1 atom stereocenters. The number of aliphatic carboxylic acids is 1. The highest BCUT2D eigenvalue weighted by atomic mass is 31.2. The molecule has 0 aromatic carbocycles. The van der Waals surface area contributed by atoms with E-state index in [0.29, 0.717) is 6.42 Å². The molecule has 0 aliphatic rings. The van der Waals surface area contributed by atoms with E-state index in [0.717, 1.165) is 12.8 Å². The van der Waals surface area contributed by atoms with Gasteiger partial charge in [-0.2, -0.15) is 0 Å². The van der Waals surface area contributed by atoms with E-state index in [9.17, 15) is 19.3 Å². The van der Waals surface area contributed by atoms with Crippen LogP contribution in [-0.2, 0) is 27.7 Å². The van der Waals surface area contributed by atoms with E-state index in [1.54, 1.807) is 13.8 Å². The quantitative estimate of drug-likeness (QED) is 0.229. The highest BCUT2D eigenvalue weighted by Crippen LogP contribution is 2.49. The highest BCUT2D eigenvalue weighted by molar-refractivity contribution is 7.48. The molecule has 0 unspecified atom stereocenters. The molecule has 0 saturated heterocycles. The maximum atomic E-state index is 12.2. The number of rotatable bonds is 19. The van der Waals surface area contributed by atoms with E-state index in [2.05, 4.69) is 12.2 Å². The van der Waals surface area contributed by atoms with Crippen molar-refractivity contribution in [1.29, 1.82) is 0 Å². The van der Waals surface area contributed by atoms with Gasteiger partial charge in [-0.25, -0.2) is 9.36 Å². The average Bonchev–Trinajstić information content (AvgIpc) is 2.64. The van der Waals surface area contributed by atoms with Crippen molar-refractivity contribution in [3.63, 3.8) is 0 Å². The highest BCUT2D eigenvalue weighted by Gasteiger charge is 2.29. The largest absolute Gasteiger partial charge is 0.480 e. The van der Waals surface area contributed by atoms with Crippen LogP contribution in [0.1, 0.15) is 85.0 Å². The van der Waals surface area contributed by atoms with Gasteiger partial charge in [-0.05, 0) is 20.3 Å². The maximum absolute atomic E-state index is 12.2. The molecule has 1 amide bonds. The summed E-state index contributed by atoms with van der Waals surface area (Å²) < 4.78 is 27.1. The Morgan fingerprint density at radius 1 is 0.857 bits per heavy atom. The van der Waals surface area contributed by atoms with Crippen LogP contribution in [0.15, 0.2) is 0 Å². The van der Waals surface area contributed by atoms with Crippen LogP contribution in [0.25, 0.3) is 0 Å². The Labute approximate surface area is 169 Å². The number of phosphoric acid groups is 1. The summed E-state index contributed by atoms with van der Waals surface area (Å²) in [5, 5.41) is 11.6. The van der Waals surface area contributed by atoms with Crippen molar-refractivity contribution >= 4 is 19.7 Å². The third-order valence-corrected chi connectivity index (χ3v) is 5.73. The normalized spacial score (nSPS) is 12.7. The van der Waals surface area contributed by atoms with Gasteiger partial charge in [0.25, 0.3) is 0 Å². The monoisotopic (exact) mass is 423 g/mol. The SMILES string of the molecule is CCCCCCCCCCCC(=O)N[C@@H](COP(=O)(OCC)OCC)C(=O)O. The van der Waals surface area contributed by atoms with Crippen molar-refractivity contribution in [2.24, 2.45) is 0 Å². The van der Waals surface area contributed by atoms with Crippen molar-refractivity contribution in [2.45, 2.75) is 91.0 Å². The number of carboxylic acids is 1. The summed E-state index contributed by atoms with van der Waals surface area (Å²) in [5.41, 5.74) is 0. The molecule has 0 fully saturated rings. The number of amides is 1. The van der Waals surface area contributed by atoms with Crippen LogP contribution >= 0.6 is 7.82 Å². The Hall–Kier alpha value is -0.950. The Kier molecular flexibility index (Phi) is 16.4.